The number of aromatic nitrogens is 1. The minimum atomic E-state index is -4.71. The second kappa shape index (κ2) is 18.3. The molecule has 2 aromatic heterocycles. The molecule has 2 atom stereocenters. The van der Waals surface area contributed by atoms with Crippen molar-refractivity contribution in [1.29, 1.82) is 0 Å². The fourth-order valence-electron chi connectivity index (χ4n) is 6.83. The van der Waals surface area contributed by atoms with Gasteiger partial charge in [0.05, 0.1) is 29.3 Å². The standard InChI is InChI=1S/C32H40F3N3O6.C5H3F3OS/c1-2-8-26-22(9-7-17-38(26)30(42)23-21-36-16-13-24(23)32(33,34)35)29(41)37-18-14-31(43,15-19-37)25-10-3-4-11-27(25)44-20-6-5-12-28(39)40;6-5(7,8)4-1-3(9)2-10-4/h3-4,10-11,13,16,21-22,26,43H,2,5-9,12,14-15,17-20H2,1H3,(H,39,40);1-2,9H. The Morgan fingerprint density at radius 2 is 1.72 bits per heavy atom. The van der Waals surface area contributed by atoms with Gasteiger partial charge in [0.25, 0.3) is 5.91 Å². The van der Waals surface area contributed by atoms with Crippen molar-refractivity contribution in [3.63, 3.8) is 0 Å². The lowest BCUT2D eigenvalue weighted by Gasteiger charge is -2.45. The minimum absolute atomic E-state index is 0.0584. The number of piperidine rings is 2. The third-order valence-electron chi connectivity index (χ3n) is 9.50. The van der Waals surface area contributed by atoms with Crippen LogP contribution in [0.4, 0.5) is 26.3 Å². The van der Waals surface area contributed by atoms with E-state index in [9.17, 15) is 45.8 Å². The number of carboxylic acid groups (broad SMARTS) is 1. The number of unbranched alkanes of at least 4 members (excludes halogenated alkanes) is 1. The fourth-order valence-corrected chi connectivity index (χ4v) is 7.47. The normalized spacial score (nSPS) is 18.7. The molecule has 17 heteroatoms. The molecular formula is C37H43F6N3O7S. The Labute approximate surface area is 312 Å². The summed E-state index contributed by atoms with van der Waals surface area (Å²) in [6.07, 6.45) is -3.35. The smallest absolute Gasteiger partial charge is 0.425 e. The van der Waals surface area contributed by atoms with Crippen LogP contribution in [0.25, 0.3) is 0 Å². The Kier molecular flexibility index (Phi) is 14.4. The van der Waals surface area contributed by atoms with Crippen molar-refractivity contribution in [2.75, 3.05) is 26.2 Å². The number of benzene rings is 1. The molecule has 0 bridgehead atoms. The maximum Gasteiger partial charge on any atom is 0.425 e. The summed E-state index contributed by atoms with van der Waals surface area (Å²) in [7, 11) is 0. The molecule has 10 nitrogen and oxygen atoms in total. The van der Waals surface area contributed by atoms with Crippen LogP contribution in [0, 0.1) is 5.92 Å². The highest BCUT2D eigenvalue weighted by atomic mass is 32.1. The van der Waals surface area contributed by atoms with Gasteiger partial charge in [0.2, 0.25) is 5.91 Å². The van der Waals surface area contributed by atoms with E-state index in [0.717, 1.165) is 23.8 Å². The summed E-state index contributed by atoms with van der Waals surface area (Å²) in [4.78, 5) is 44.2. The van der Waals surface area contributed by atoms with Crippen LogP contribution in [0.5, 0.6) is 11.5 Å². The molecule has 0 spiro atoms. The largest absolute Gasteiger partial charge is 0.507 e. The maximum absolute atomic E-state index is 13.9. The number of pyridine rings is 1. The number of aliphatic carboxylic acids is 1. The van der Waals surface area contributed by atoms with Gasteiger partial charge in [-0.1, -0.05) is 31.5 Å². The SMILES string of the molecule is CCCC1C(C(=O)N2CCC(O)(c3ccccc3OCCCCC(=O)O)CC2)CCCN1C(=O)c1cnccc1C(F)(F)F.Oc1csc(C(F)(F)F)c1. The van der Waals surface area contributed by atoms with Crippen molar-refractivity contribution in [3.05, 3.63) is 75.7 Å². The Bertz CT molecular complexity index is 1730. The molecule has 1 aromatic carbocycles. The summed E-state index contributed by atoms with van der Waals surface area (Å²) >= 11 is 0.481. The van der Waals surface area contributed by atoms with E-state index in [2.05, 4.69) is 4.98 Å². The molecule has 5 rings (SSSR count). The lowest BCUT2D eigenvalue weighted by Crippen LogP contribution is -2.55. The van der Waals surface area contributed by atoms with Crippen molar-refractivity contribution in [1.82, 2.24) is 14.8 Å². The van der Waals surface area contributed by atoms with Gasteiger partial charge in [-0.25, -0.2) is 0 Å². The molecule has 0 saturated carbocycles. The molecule has 2 saturated heterocycles. The predicted molar refractivity (Wildman–Crippen MR) is 186 cm³/mol. The van der Waals surface area contributed by atoms with Crippen LogP contribution in [0.3, 0.4) is 0 Å². The highest BCUT2D eigenvalue weighted by molar-refractivity contribution is 7.10. The number of amides is 2. The van der Waals surface area contributed by atoms with Gasteiger partial charge in [0, 0.05) is 61.5 Å². The lowest BCUT2D eigenvalue weighted by atomic mass is 9.81. The van der Waals surface area contributed by atoms with Gasteiger partial charge in [-0.2, -0.15) is 26.3 Å². The lowest BCUT2D eigenvalue weighted by molar-refractivity contribution is -0.144. The van der Waals surface area contributed by atoms with Gasteiger partial charge < -0.3 is 29.9 Å². The molecule has 2 aliphatic rings. The highest BCUT2D eigenvalue weighted by Crippen LogP contribution is 2.40. The summed E-state index contributed by atoms with van der Waals surface area (Å²) in [5.41, 5.74) is -2.18. The summed E-state index contributed by atoms with van der Waals surface area (Å²) < 4.78 is 82.1. The van der Waals surface area contributed by atoms with Crippen molar-refractivity contribution in [2.24, 2.45) is 5.92 Å². The van der Waals surface area contributed by atoms with Gasteiger partial charge in [0.1, 0.15) is 16.4 Å². The first-order chi connectivity index (χ1) is 25.5. The van der Waals surface area contributed by atoms with Crippen LogP contribution in [0.1, 0.15) is 91.1 Å². The number of hydrogen-bond acceptors (Lipinski definition) is 8. The number of nitrogens with zero attached hydrogens (tertiary/aromatic N) is 3. The third-order valence-corrected chi connectivity index (χ3v) is 10.5. The van der Waals surface area contributed by atoms with Crippen LogP contribution in [0.2, 0.25) is 0 Å². The van der Waals surface area contributed by atoms with Crippen LogP contribution in [-0.4, -0.2) is 80.2 Å². The van der Waals surface area contributed by atoms with Gasteiger partial charge >= 0.3 is 18.3 Å². The fraction of sp³-hybridized carbons (Fsp3) is 0.514. The molecule has 2 aliphatic heterocycles. The average molecular weight is 788 g/mol. The molecule has 296 valence electrons. The number of ether oxygens (including phenoxy) is 1. The Balaban J connectivity index is 0.000000562. The van der Waals surface area contributed by atoms with E-state index in [0.29, 0.717) is 73.8 Å². The quantitative estimate of drug-likeness (QED) is 0.133. The van der Waals surface area contributed by atoms with Gasteiger partial charge in [-0.05, 0) is 57.1 Å². The first-order valence-electron chi connectivity index (χ1n) is 17.6. The molecular weight excluding hydrogens is 744 g/mol. The predicted octanol–water partition coefficient (Wildman–Crippen LogP) is 7.74. The molecule has 2 unspecified atom stereocenters. The van der Waals surface area contributed by atoms with E-state index in [1.807, 2.05) is 6.92 Å². The first kappa shape index (κ1) is 42.4. The van der Waals surface area contributed by atoms with E-state index < -0.39 is 57.8 Å². The molecule has 0 aliphatic carbocycles. The zero-order chi connectivity index (χ0) is 39.7. The molecule has 3 N–H and O–H groups in total. The van der Waals surface area contributed by atoms with E-state index in [-0.39, 0.29) is 50.6 Å². The number of aromatic hydroxyl groups is 1. The third kappa shape index (κ3) is 10.9. The zero-order valence-electron chi connectivity index (χ0n) is 29.5. The van der Waals surface area contributed by atoms with Crippen LogP contribution in [-0.2, 0) is 27.5 Å². The number of carbonyl (C=O) groups excluding carboxylic acids is 2. The summed E-state index contributed by atoms with van der Waals surface area (Å²) in [6.45, 7) is 3.02. The monoisotopic (exact) mass is 787 g/mol. The number of alkyl halides is 6. The van der Waals surface area contributed by atoms with Crippen LogP contribution >= 0.6 is 11.3 Å². The second-order valence-corrected chi connectivity index (χ2v) is 14.2. The van der Waals surface area contributed by atoms with Crippen molar-refractivity contribution < 1.29 is 60.8 Å². The maximum atomic E-state index is 13.9. The highest BCUT2D eigenvalue weighted by Gasteiger charge is 2.44. The second-order valence-electron chi connectivity index (χ2n) is 13.2. The molecule has 4 heterocycles. The molecule has 0 radical (unpaired) electrons. The summed E-state index contributed by atoms with van der Waals surface area (Å²) in [5, 5.41) is 30.0. The summed E-state index contributed by atoms with van der Waals surface area (Å²) in [6, 6.07) is 8.10. The van der Waals surface area contributed by atoms with E-state index in [1.165, 1.54) is 4.90 Å². The Morgan fingerprint density at radius 3 is 2.31 bits per heavy atom. The Morgan fingerprint density at radius 1 is 1.02 bits per heavy atom. The number of aliphatic hydroxyl groups is 1. The van der Waals surface area contributed by atoms with Gasteiger partial charge in [0.15, 0.2) is 0 Å². The van der Waals surface area contributed by atoms with Crippen molar-refractivity contribution in [2.45, 2.75) is 88.7 Å². The zero-order valence-corrected chi connectivity index (χ0v) is 30.4. The number of hydrogen-bond donors (Lipinski definition) is 3. The van der Waals surface area contributed by atoms with E-state index in [1.54, 1.807) is 29.2 Å². The molecule has 2 amide bonds. The first-order valence-corrected chi connectivity index (χ1v) is 18.5. The molecule has 3 aromatic rings. The Hall–Kier alpha value is -4.38. The van der Waals surface area contributed by atoms with E-state index in [4.69, 9.17) is 14.9 Å². The van der Waals surface area contributed by atoms with Crippen LogP contribution in [0.15, 0.2) is 54.2 Å². The average Bonchev–Trinajstić information content (AvgIpc) is 3.58. The summed E-state index contributed by atoms with van der Waals surface area (Å²) in [5.74, 6) is -2.17. The van der Waals surface area contributed by atoms with E-state index >= 15 is 0 Å². The minimum Gasteiger partial charge on any atom is -0.507 e. The van der Waals surface area contributed by atoms with Gasteiger partial charge in [-0.3, -0.25) is 19.4 Å². The van der Waals surface area contributed by atoms with Crippen LogP contribution < -0.4 is 4.74 Å². The van der Waals surface area contributed by atoms with Gasteiger partial charge in [-0.15, -0.1) is 11.3 Å². The number of likely N-dealkylation sites (tertiary alicyclic amines) is 2. The number of para-hydroxylation sites is 1. The topological polar surface area (TPSA) is 140 Å². The van der Waals surface area contributed by atoms with Crippen molar-refractivity contribution in [3.8, 4) is 11.5 Å². The number of halogens is 6. The number of carboxylic acids is 1. The number of thiophene rings is 1. The number of carbonyl (C=O) groups is 3. The molecule has 54 heavy (non-hydrogen) atoms. The molecule has 2 fully saturated rings. The number of rotatable bonds is 11. The van der Waals surface area contributed by atoms with Crippen molar-refractivity contribution >= 4 is 29.1 Å².